The number of rotatable bonds is 2. The lowest BCUT2D eigenvalue weighted by atomic mass is 10.4. The highest BCUT2D eigenvalue weighted by atomic mass is 16.4. The zero-order valence-corrected chi connectivity index (χ0v) is 8.71. The summed E-state index contributed by atoms with van der Waals surface area (Å²) in [5, 5.41) is 16.1. The molecule has 0 aliphatic carbocycles. The Morgan fingerprint density at radius 1 is 1.50 bits per heavy atom. The number of aromatic carboxylic acids is 1. The van der Waals surface area contributed by atoms with Gasteiger partial charge in [0.25, 0.3) is 0 Å². The van der Waals surface area contributed by atoms with Crippen LogP contribution in [0.3, 0.4) is 0 Å². The Bertz CT molecular complexity index is 626. The van der Waals surface area contributed by atoms with E-state index in [0.717, 1.165) is 9.08 Å². The summed E-state index contributed by atoms with van der Waals surface area (Å²) in [5.74, 6) is -0.859. The molecule has 2 aromatic rings. The standard InChI is InChI=1S/C8H9N5O3/c1-3-4-9-5(7(14)15)6-10-11-12(2)8(16)13(4)6/h3H2,1-2H3,(H,14,15). The van der Waals surface area contributed by atoms with Gasteiger partial charge in [-0.15, -0.1) is 5.10 Å². The molecule has 0 atom stereocenters. The first-order chi connectivity index (χ1) is 7.56. The molecule has 0 aliphatic heterocycles. The minimum atomic E-state index is -1.22. The Morgan fingerprint density at radius 3 is 2.75 bits per heavy atom. The van der Waals surface area contributed by atoms with Gasteiger partial charge in [-0.25, -0.2) is 19.0 Å². The first kappa shape index (κ1) is 10.3. The van der Waals surface area contributed by atoms with Gasteiger partial charge in [0.2, 0.25) is 0 Å². The van der Waals surface area contributed by atoms with Crippen molar-refractivity contribution >= 4 is 11.6 Å². The number of imidazole rings is 1. The van der Waals surface area contributed by atoms with Crippen LogP contribution < -0.4 is 5.69 Å². The van der Waals surface area contributed by atoms with E-state index in [-0.39, 0.29) is 11.3 Å². The summed E-state index contributed by atoms with van der Waals surface area (Å²) < 4.78 is 2.19. The average Bonchev–Trinajstić information content (AvgIpc) is 2.62. The normalized spacial score (nSPS) is 10.9. The SMILES string of the molecule is CCc1nc(C(=O)O)c2nnn(C)c(=O)n12. The molecule has 0 saturated heterocycles. The summed E-state index contributed by atoms with van der Waals surface area (Å²) in [6, 6.07) is 0. The molecule has 0 saturated carbocycles. The minimum Gasteiger partial charge on any atom is -0.476 e. The molecule has 0 unspecified atom stereocenters. The number of aromatic nitrogens is 5. The lowest BCUT2D eigenvalue weighted by Crippen LogP contribution is -2.28. The fraction of sp³-hybridized carbons (Fsp3) is 0.375. The van der Waals surface area contributed by atoms with Crippen molar-refractivity contribution in [1.82, 2.24) is 24.4 Å². The second-order valence-corrected chi connectivity index (χ2v) is 3.19. The van der Waals surface area contributed by atoms with Crippen molar-refractivity contribution in [3.05, 3.63) is 22.0 Å². The topological polar surface area (TPSA) is 102 Å². The maximum atomic E-state index is 11.7. The van der Waals surface area contributed by atoms with Crippen LogP contribution in [0, 0.1) is 0 Å². The molecule has 0 spiro atoms. The predicted molar refractivity (Wildman–Crippen MR) is 52.4 cm³/mol. The van der Waals surface area contributed by atoms with Gasteiger partial charge in [-0.3, -0.25) is 0 Å². The molecule has 1 N–H and O–H groups in total. The van der Waals surface area contributed by atoms with E-state index in [2.05, 4.69) is 15.3 Å². The lowest BCUT2D eigenvalue weighted by Gasteiger charge is -1.97. The van der Waals surface area contributed by atoms with E-state index in [4.69, 9.17) is 5.11 Å². The van der Waals surface area contributed by atoms with Crippen LogP contribution in [0.2, 0.25) is 0 Å². The first-order valence-electron chi connectivity index (χ1n) is 4.60. The maximum absolute atomic E-state index is 11.7. The third-order valence-corrected chi connectivity index (χ3v) is 2.18. The average molecular weight is 223 g/mol. The van der Waals surface area contributed by atoms with Gasteiger partial charge in [0.15, 0.2) is 11.3 Å². The molecule has 0 fully saturated rings. The summed E-state index contributed by atoms with van der Waals surface area (Å²) in [6.07, 6.45) is 0.440. The fourth-order valence-corrected chi connectivity index (χ4v) is 1.42. The molecule has 2 aromatic heterocycles. The third-order valence-electron chi connectivity index (χ3n) is 2.18. The highest BCUT2D eigenvalue weighted by molar-refractivity contribution is 5.92. The van der Waals surface area contributed by atoms with Gasteiger partial charge in [-0.2, -0.15) is 4.68 Å². The molecular weight excluding hydrogens is 214 g/mol. The van der Waals surface area contributed by atoms with E-state index in [1.165, 1.54) is 7.05 Å². The van der Waals surface area contributed by atoms with Crippen molar-refractivity contribution < 1.29 is 9.90 Å². The van der Waals surface area contributed by atoms with Crippen molar-refractivity contribution in [2.24, 2.45) is 7.05 Å². The monoisotopic (exact) mass is 223 g/mol. The highest BCUT2D eigenvalue weighted by Crippen LogP contribution is 2.07. The van der Waals surface area contributed by atoms with Crippen LogP contribution in [-0.4, -0.2) is 35.5 Å². The van der Waals surface area contributed by atoms with Gasteiger partial charge in [-0.05, 0) is 0 Å². The molecule has 0 amide bonds. The van der Waals surface area contributed by atoms with Gasteiger partial charge >= 0.3 is 11.7 Å². The summed E-state index contributed by atoms with van der Waals surface area (Å²) in [6.45, 7) is 1.78. The number of fused-ring (bicyclic) bond motifs is 1. The van der Waals surface area contributed by atoms with Crippen molar-refractivity contribution in [2.75, 3.05) is 0 Å². The molecular formula is C8H9N5O3. The molecule has 8 heteroatoms. The minimum absolute atomic E-state index is 0.0209. The summed E-state index contributed by atoms with van der Waals surface area (Å²) in [5.41, 5.74) is -0.726. The van der Waals surface area contributed by atoms with Crippen LogP contribution in [0.25, 0.3) is 5.65 Å². The molecule has 2 rings (SSSR count). The molecule has 84 valence electrons. The molecule has 0 bridgehead atoms. The maximum Gasteiger partial charge on any atom is 0.358 e. The van der Waals surface area contributed by atoms with Gasteiger partial charge in [0.1, 0.15) is 5.82 Å². The molecule has 0 aromatic carbocycles. The number of nitrogens with zero attached hydrogens (tertiary/aromatic N) is 5. The van der Waals surface area contributed by atoms with Gasteiger partial charge in [-0.1, -0.05) is 12.1 Å². The van der Waals surface area contributed by atoms with Crippen LogP contribution in [0.4, 0.5) is 0 Å². The Labute approximate surface area is 89.2 Å². The number of aryl methyl sites for hydroxylation is 2. The van der Waals surface area contributed by atoms with Crippen molar-refractivity contribution in [3.63, 3.8) is 0 Å². The largest absolute Gasteiger partial charge is 0.476 e. The van der Waals surface area contributed by atoms with Crippen molar-refractivity contribution in [3.8, 4) is 0 Å². The smallest absolute Gasteiger partial charge is 0.358 e. The van der Waals surface area contributed by atoms with E-state index in [1.54, 1.807) is 6.92 Å². The number of carboxylic acids is 1. The van der Waals surface area contributed by atoms with Gasteiger partial charge in [0, 0.05) is 13.5 Å². The summed E-state index contributed by atoms with van der Waals surface area (Å²) in [4.78, 5) is 26.5. The first-order valence-corrected chi connectivity index (χ1v) is 4.60. The van der Waals surface area contributed by atoms with Crippen molar-refractivity contribution in [2.45, 2.75) is 13.3 Å². The lowest BCUT2D eigenvalue weighted by molar-refractivity contribution is 0.0692. The number of hydrogen-bond acceptors (Lipinski definition) is 5. The number of hydrogen-bond donors (Lipinski definition) is 1. The molecule has 16 heavy (non-hydrogen) atoms. The third kappa shape index (κ3) is 1.27. The van der Waals surface area contributed by atoms with E-state index >= 15 is 0 Å². The second-order valence-electron chi connectivity index (χ2n) is 3.19. The van der Waals surface area contributed by atoms with Gasteiger partial charge in [0.05, 0.1) is 0 Å². The van der Waals surface area contributed by atoms with Crippen LogP contribution in [0.15, 0.2) is 4.79 Å². The number of carboxylic acid groups (broad SMARTS) is 1. The predicted octanol–water partition coefficient (Wildman–Crippen LogP) is -0.916. The quantitative estimate of drug-likeness (QED) is 0.706. The molecule has 2 heterocycles. The van der Waals surface area contributed by atoms with Crippen LogP contribution >= 0.6 is 0 Å². The zero-order valence-electron chi connectivity index (χ0n) is 8.71. The van der Waals surface area contributed by atoms with Crippen LogP contribution in [0.1, 0.15) is 23.2 Å². The number of carbonyl (C=O) groups is 1. The molecule has 0 radical (unpaired) electrons. The summed E-state index contributed by atoms with van der Waals surface area (Å²) >= 11 is 0. The van der Waals surface area contributed by atoms with Crippen LogP contribution in [0.5, 0.6) is 0 Å². The van der Waals surface area contributed by atoms with E-state index in [9.17, 15) is 9.59 Å². The molecule has 8 nitrogen and oxygen atoms in total. The fourth-order valence-electron chi connectivity index (χ4n) is 1.42. The Hall–Kier alpha value is -2.25. The van der Waals surface area contributed by atoms with E-state index < -0.39 is 11.7 Å². The van der Waals surface area contributed by atoms with Crippen LogP contribution in [-0.2, 0) is 13.5 Å². The highest BCUT2D eigenvalue weighted by Gasteiger charge is 2.19. The summed E-state index contributed by atoms with van der Waals surface area (Å²) in [7, 11) is 1.44. The Balaban J connectivity index is 2.96. The Kier molecular flexibility index (Phi) is 2.18. The second kappa shape index (κ2) is 3.40. The van der Waals surface area contributed by atoms with Gasteiger partial charge < -0.3 is 5.11 Å². The van der Waals surface area contributed by atoms with Crippen molar-refractivity contribution in [1.29, 1.82) is 0 Å². The van der Waals surface area contributed by atoms with E-state index in [1.807, 2.05) is 0 Å². The van der Waals surface area contributed by atoms with E-state index in [0.29, 0.717) is 12.2 Å². The molecule has 0 aliphatic rings. The Morgan fingerprint density at radius 2 is 2.19 bits per heavy atom. The zero-order chi connectivity index (χ0) is 11.9.